The van der Waals surface area contributed by atoms with Crippen LogP contribution in [0.25, 0.3) is 0 Å². The van der Waals surface area contributed by atoms with Crippen LogP contribution in [0.5, 0.6) is 0 Å². The Kier molecular flexibility index (Phi) is 3.53. The average molecular weight is 263 g/mol. The van der Waals surface area contributed by atoms with E-state index < -0.39 is 4.32 Å². The van der Waals surface area contributed by atoms with Crippen LogP contribution in [-0.2, 0) is 9.59 Å². The minimum Gasteiger partial charge on any atom is -0.354 e. The summed E-state index contributed by atoms with van der Waals surface area (Å²) in [5.41, 5.74) is 0. The van der Waals surface area contributed by atoms with Crippen molar-refractivity contribution >= 4 is 27.7 Å². The molecule has 1 aliphatic rings. The molecule has 0 spiro atoms. The van der Waals surface area contributed by atoms with Crippen LogP contribution in [0.1, 0.15) is 20.3 Å². The second kappa shape index (κ2) is 4.29. The molecule has 2 amide bonds. The highest BCUT2D eigenvalue weighted by Crippen LogP contribution is 2.19. The molecule has 1 aliphatic heterocycles. The number of amides is 2. The number of hydrogen-bond acceptors (Lipinski definition) is 2. The van der Waals surface area contributed by atoms with Gasteiger partial charge < -0.3 is 10.2 Å². The Morgan fingerprint density at radius 3 is 2.79 bits per heavy atom. The van der Waals surface area contributed by atoms with E-state index >= 15 is 0 Å². The summed E-state index contributed by atoms with van der Waals surface area (Å²) in [5.74, 6) is -0.109. The normalized spacial score (nSPS) is 18.8. The van der Waals surface area contributed by atoms with Crippen LogP contribution in [0.4, 0.5) is 0 Å². The fraction of sp³-hybridized carbons (Fsp3) is 0.778. The van der Waals surface area contributed by atoms with Gasteiger partial charge in [0.25, 0.3) is 0 Å². The van der Waals surface area contributed by atoms with Gasteiger partial charge in [0.15, 0.2) is 0 Å². The lowest BCUT2D eigenvalue weighted by Gasteiger charge is -2.25. The quantitative estimate of drug-likeness (QED) is 0.701. The molecule has 1 N–H and O–H groups in total. The van der Waals surface area contributed by atoms with Gasteiger partial charge in [0, 0.05) is 13.1 Å². The van der Waals surface area contributed by atoms with Crippen molar-refractivity contribution in [2.75, 3.05) is 19.6 Å². The molecule has 0 saturated carbocycles. The molecule has 0 aromatic heterocycles. The van der Waals surface area contributed by atoms with Gasteiger partial charge in [-0.1, -0.05) is 15.9 Å². The molecule has 0 aliphatic carbocycles. The minimum atomic E-state index is -0.586. The third kappa shape index (κ3) is 2.97. The zero-order valence-corrected chi connectivity index (χ0v) is 10.1. The lowest BCUT2D eigenvalue weighted by atomic mass is 10.2. The van der Waals surface area contributed by atoms with Crippen molar-refractivity contribution in [3.05, 3.63) is 0 Å². The molecule has 0 unspecified atom stereocenters. The van der Waals surface area contributed by atoms with E-state index in [0.717, 1.165) is 6.42 Å². The second-order valence-corrected chi connectivity index (χ2v) is 5.89. The first-order valence-corrected chi connectivity index (χ1v) is 5.45. The molecular formula is C9H15BrN2O2. The Morgan fingerprint density at radius 1 is 1.57 bits per heavy atom. The van der Waals surface area contributed by atoms with Gasteiger partial charge in [0.2, 0.25) is 11.8 Å². The number of halogens is 1. The molecule has 0 atom stereocenters. The summed E-state index contributed by atoms with van der Waals surface area (Å²) in [7, 11) is 0. The van der Waals surface area contributed by atoms with Gasteiger partial charge in [-0.25, -0.2) is 0 Å². The van der Waals surface area contributed by atoms with Crippen LogP contribution in [0, 0.1) is 0 Å². The minimum absolute atomic E-state index is 0.0328. The molecule has 0 bridgehead atoms. The SMILES string of the molecule is CC(C)(Br)C(=O)N1CCCNC(=O)C1. The molecule has 1 fully saturated rings. The van der Waals surface area contributed by atoms with Gasteiger partial charge in [0.05, 0.1) is 10.9 Å². The van der Waals surface area contributed by atoms with Crippen LogP contribution in [-0.4, -0.2) is 40.7 Å². The van der Waals surface area contributed by atoms with Crippen LogP contribution >= 0.6 is 15.9 Å². The predicted molar refractivity (Wildman–Crippen MR) is 57.2 cm³/mol. The zero-order valence-electron chi connectivity index (χ0n) is 8.47. The van der Waals surface area contributed by atoms with Crippen molar-refractivity contribution in [2.24, 2.45) is 0 Å². The number of carbonyl (C=O) groups is 2. The highest BCUT2D eigenvalue weighted by molar-refractivity contribution is 9.10. The van der Waals surface area contributed by atoms with E-state index in [1.54, 1.807) is 18.7 Å². The van der Waals surface area contributed by atoms with Gasteiger partial charge in [-0.05, 0) is 20.3 Å². The Balaban J connectivity index is 2.66. The highest BCUT2D eigenvalue weighted by atomic mass is 79.9. The topological polar surface area (TPSA) is 49.4 Å². The number of alkyl halides is 1. The van der Waals surface area contributed by atoms with Gasteiger partial charge in [0.1, 0.15) is 0 Å². The fourth-order valence-corrected chi connectivity index (χ4v) is 1.61. The number of nitrogens with one attached hydrogen (secondary N) is 1. The molecule has 4 nitrogen and oxygen atoms in total. The molecule has 80 valence electrons. The maximum atomic E-state index is 11.8. The molecule has 1 heterocycles. The van der Waals surface area contributed by atoms with Crippen molar-refractivity contribution in [2.45, 2.75) is 24.6 Å². The van der Waals surface area contributed by atoms with Crippen LogP contribution in [0.15, 0.2) is 0 Å². The summed E-state index contributed by atoms with van der Waals surface area (Å²) in [5, 5.41) is 2.73. The number of carbonyl (C=O) groups excluding carboxylic acids is 2. The first-order valence-electron chi connectivity index (χ1n) is 4.66. The van der Waals surface area contributed by atoms with Crippen LogP contribution < -0.4 is 5.32 Å². The fourth-order valence-electron chi connectivity index (χ4n) is 1.36. The molecule has 5 heteroatoms. The zero-order chi connectivity index (χ0) is 10.8. The lowest BCUT2D eigenvalue weighted by molar-refractivity contribution is -0.136. The summed E-state index contributed by atoms with van der Waals surface area (Å²) in [6.07, 6.45) is 0.820. The first kappa shape index (κ1) is 11.5. The Bertz CT molecular complexity index is 248. The van der Waals surface area contributed by atoms with E-state index in [1.165, 1.54) is 0 Å². The Hall–Kier alpha value is -0.580. The molecule has 1 saturated heterocycles. The maximum Gasteiger partial charge on any atom is 0.239 e. The standard InChI is InChI=1S/C9H15BrN2O2/c1-9(2,10)8(14)12-5-3-4-11-7(13)6-12/h3-6H2,1-2H3,(H,11,13). The summed E-state index contributed by atoms with van der Waals surface area (Å²) in [6, 6.07) is 0. The number of nitrogens with zero attached hydrogens (tertiary/aromatic N) is 1. The van der Waals surface area contributed by atoms with Crippen molar-refractivity contribution in [1.29, 1.82) is 0 Å². The summed E-state index contributed by atoms with van der Waals surface area (Å²) >= 11 is 3.30. The molecule has 14 heavy (non-hydrogen) atoms. The third-order valence-electron chi connectivity index (χ3n) is 2.06. The average Bonchev–Trinajstić information content (AvgIpc) is 2.26. The Labute approximate surface area is 92.2 Å². The van der Waals surface area contributed by atoms with Crippen LogP contribution in [0.2, 0.25) is 0 Å². The van der Waals surface area contributed by atoms with E-state index in [0.29, 0.717) is 13.1 Å². The van der Waals surface area contributed by atoms with Gasteiger partial charge in [-0.3, -0.25) is 9.59 Å². The maximum absolute atomic E-state index is 11.8. The van der Waals surface area contributed by atoms with E-state index in [1.807, 2.05) is 0 Å². The smallest absolute Gasteiger partial charge is 0.239 e. The summed E-state index contributed by atoms with van der Waals surface area (Å²) in [4.78, 5) is 24.6. The van der Waals surface area contributed by atoms with E-state index in [9.17, 15) is 9.59 Å². The van der Waals surface area contributed by atoms with Crippen molar-refractivity contribution in [3.63, 3.8) is 0 Å². The molecule has 0 aromatic rings. The van der Waals surface area contributed by atoms with E-state index in [4.69, 9.17) is 0 Å². The summed E-state index contributed by atoms with van der Waals surface area (Å²) < 4.78 is -0.586. The van der Waals surface area contributed by atoms with Crippen LogP contribution in [0.3, 0.4) is 0 Å². The van der Waals surface area contributed by atoms with Gasteiger partial charge in [-0.2, -0.15) is 0 Å². The molecule has 0 aromatic carbocycles. The predicted octanol–water partition coefficient (Wildman–Crippen LogP) is 0.508. The molecule has 1 rings (SSSR count). The van der Waals surface area contributed by atoms with Crippen molar-refractivity contribution in [3.8, 4) is 0 Å². The van der Waals surface area contributed by atoms with Crippen molar-refractivity contribution < 1.29 is 9.59 Å². The second-order valence-electron chi connectivity index (χ2n) is 3.90. The third-order valence-corrected chi connectivity index (χ3v) is 2.40. The molecular weight excluding hydrogens is 248 g/mol. The van der Waals surface area contributed by atoms with Gasteiger partial charge >= 0.3 is 0 Å². The van der Waals surface area contributed by atoms with E-state index in [-0.39, 0.29) is 18.4 Å². The largest absolute Gasteiger partial charge is 0.354 e. The first-order chi connectivity index (χ1) is 6.41. The molecule has 0 radical (unpaired) electrons. The Morgan fingerprint density at radius 2 is 2.21 bits per heavy atom. The lowest BCUT2D eigenvalue weighted by Crippen LogP contribution is -2.44. The van der Waals surface area contributed by atoms with Gasteiger partial charge in [-0.15, -0.1) is 0 Å². The van der Waals surface area contributed by atoms with E-state index in [2.05, 4.69) is 21.2 Å². The summed E-state index contributed by atoms with van der Waals surface area (Å²) in [6.45, 7) is 5.06. The number of rotatable bonds is 1. The number of hydrogen-bond donors (Lipinski definition) is 1. The monoisotopic (exact) mass is 262 g/mol. The van der Waals surface area contributed by atoms with Crippen molar-refractivity contribution in [1.82, 2.24) is 10.2 Å². The highest BCUT2D eigenvalue weighted by Gasteiger charge is 2.30.